The van der Waals surface area contributed by atoms with Crippen LogP contribution in [0.25, 0.3) is 22.4 Å². The summed E-state index contributed by atoms with van der Waals surface area (Å²) in [6, 6.07) is 1.39. The average Bonchev–Trinajstić information content (AvgIpc) is 3.12. The quantitative estimate of drug-likeness (QED) is 0.465. The van der Waals surface area contributed by atoms with Gasteiger partial charge in [0.1, 0.15) is 5.65 Å². The summed E-state index contributed by atoms with van der Waals surface area (Å²) < 4.78 is 14.5. The van der Waals surface area contributed by atoms with Crippen LogP contribution >= 0.6 is 11.6 Å². The molecule has 0 aliphatic heterocycles. The molecule has 3 aromatic rings. The molecule has 1 aliphatic rings. The van der Waals surface area contributed by atoms with Gasteiger partial charge in [-0.05, 0) is 45.6 Å². The number of pyridine rings is 1. The van der Waals surface area contributed by atoms with E-state index in [2.05, 4.69) is 25.3 Å². The van der Waals surface area contributed by atoms with Gasteiger partial charge in [-0.15, -0.1) is 0 Å². The number of fused-ring (bicyclic) bond motifs is 1. The molecule has 0 radical (unpaired) electrons. The molecule has 0 aromatic carbocycles. The number of hydrogen-bond donors (Lipinski definition) is 4. The molecule has 3 aromatic heterocycles. The first-order valence-corrected chi connectivity index (χ1v) is 10.4. The number of hydrogen-bond acceptors (Lipinski definition) is 6. The number of anilines is 1. The van der Waals surface area contributed by atoms with Gasteiger partial charge in [-0.25, -0.2) is 19.3 Å². The summed E-state index contributed by atoms with van der Waals surface area (Å²) in [5.74, 6) is -1.42. The minimum atomic E-state index is -1.42. The Labute approximate surface area is 182 Å². The standard InChI is InChI=1S/C21H23ClFN5O3/c1-20(2,19(29)30)21(31)5-3-4-12(7-21)27-18-15(23)10-26-17(28-18)14-9-25-16-13(14)6-11(22)8-24-16/h6,8-10,12,31H,3-5,7H2,1-2H3,(H,24,25)(H,29,30)(H,26,27,28)/t12-,21-/m0/s1. The number of H-pyrrole nitrogens is 1. The second kappa shape index (κ2) is 7.72. The number of aliphatic hydroxyl groups is 1. The number of aromatic nitrogens is 4. The fourth-order valence-corrected chi connectivity index (χ4v) is 4.25. The van der Waals surface area contributed by atoms with Crippen molar-refractivity contribution in [3.63, 3.8) is 0 Å². The normalized spacial score (nSPS) is 21.9. The van der Waals surface area contributed by atoms with E-state index in [0.29, 0.717) is 40.9 Å². The number of rotatable bonds is 5. The molecular formula is C21H23ClFN5O3. The number of carboxylic acid groups (broad SMARTS) is 1. The fourth-order valence-electron chi connectivity index (χ4n) is 4.10. The first-order chi connectivity index (χ1) is 14.6. The number of nitrogens with zero attached hydrogens (tertiary/aromatic N) is 3. The lowest BCUT2D eigenvalue weighted by atomic mass is 9.66. The van der Waals surface area contributed by atoms with Crippen molar-refractivity contribution in [2.75, 3.05) is 5.32 Å². The second-order valence-corrected chi connectivity index (χ2v) is 8.98. The molecule has 2 atom stereocenters. The lowest BCUT2D eigenvalue weighted by Crippen LogP contribution is -2.54. The van der Waals surface area contributed by atoms with Crippen molar-refractivity contribution in [1.82, 2.24) is 19.9 Å². The van der Waals surface area contributed by atoms with Crippen LogP contribution in [0.4, 0.5) is 10.2 Å². The number of aromatic amines is 1. The highest BCUT2D eigenvalue weighted by Crippen LogP contribution is 2.43. The largest absolute Gasteiger partial charge is 0.481 e. The van der Waals surface area contributed by atoms with Gasteiger partial charge in [-0.3, -0.25) is 4.79 Å². The number of carbonyl (C=O) groups is 1. The van der Waals surface area contributed by atoms with Crippen LogP contribution in [-0.2, 0) is 4.79 Å². The third kappa shape index (κ3) is 3.83. The van der Waals surface area contributed by atoms with Crippen LogP contribution in [0.5, 0.6) is 0 Å². The molecule has 1 fully saturated rings. The van der Waals surface area contributed by atoms with Crippen LogP contribution in [0.15, 0.2) is 24.7 Å². The predicted molar refractivity (Wildman–Crippen MR) is 114 cm³/mol. The van der Waals surface area contributed by atoms with Crippen molar-refractivity contribution in [3.05, 3.63) is 35.5 Å². The molecule has 164 valence electrons. The van der Waals surface area contributed by atoms with Gasteiger partial charge in [0.2, 0.25) is 0 Å². The zero-order chi connectivity index (χ0) is 22.4. The smallest absolute Gasteiger partial charge is 0.312 e. The monoisotopic (exact) mass is 447 g/mol. The van der Waals surface area contributed by atoms with E-state index in [1.54, 1.807) is 12.3 Å². The predicted octanol–water partition coefficient (Wildman–Crippen LogP) is 4.01. The van der Waals surface area contributed by atoms with Gasteiger partial charge in [0, 0.05) is 29.4 Å². The Bertz CT molecular complexity index is 1150. The van der Waals surface area contributed by atoms with E-state index in [0.717, 1.165) is 6.20 Å². The molecule has 3 heterocycles. The van der Waals surface area contributed by atoms with Crippen LogP contribution in [0.2, 0.25) is 5.02 Å². The first-order valence-electron chi connectivity index (χ1n) is 9.98. The molecule has 0 bridgehead atoms. The summed E-state index contributed by atoms with van der Waals surface area (Å²) in [6.07, 6.45) is 6.08. The Kier molecular flexibility index (Phi) is 5.35. The molecule has 31 heavy (non-hydrogen) atoms. The Morgan fingerprint density at radius 3 is 2.90 bits per heavy atom. The van der Waals surface area contributed by atoms with Crippen molar-refractivity contribution in [2.24, 2.45) is 5.41 Å². The van der Waals surface area contributed by atoms with Crippen molar-refractivity contribution in [2.45, 2.75) is 51.2 Å². The van der Waals surface area contributed by atoms with E-state index in [9.17, 15) is 19.4 Å². The Morgan fingerprint density at radius 1 is 1.39 bits per heavy atom. The Morgan fingerprint density at radius 2 is 2.16 bits per heavy atom. The summed E-state index contributed by atoms with van der Waals surface area (Å²) >= 11 is 6.05. The van der Waals surface area contributed by atoms with Crippen LogP contribution in [-0.4, -0.2) is 47.8 Å². The van der Waals surface area contributed by atoms with Gasteiger partial charge >= 0.3 is 5.97 Å². The zero-order valence-electron chi connectivity index (χ0n) is 17.1. The minimum Gasteiger partial charge on any atom is -0.481 e. The summed E-state index contributed by atoms with van der Waals surface area (Å²) in [5.41, 5.74) is -1.52. The highest BCUT2D eigenvalue weighted by molar-refractivity contribution is 6.31. The van der Waals surface area contributed by atoms with E-state index < -0.39 is 22.8 Å². The minimum absolute atomic E-state index is 0.00304. The summed E-state index contributed by atoms with van der Waals surface area (Å²) in [6.45, 7) is 3.02. The van der Waals surface area contributed by atoms with Crippen molar-refractivity contribution in [1.29, 1.82) is 0 Å². The van der Waals surface area contributed by atoms with Gasteiger partial charge in [-0.1, -0.05) is 11.6 Å². The molecule has 8 nitrogen and oxygen atoms in total. The van der Waals surface area contributed by atoms with E-state index in [1.807, 2.05) is 0 Å². The van der Waals surface area contributed by atoms with Crippen molar-refractivity contribution >= 4 is 34.4 Å². The molecule has 0 amide bonds. The number of carboxylic acids is 1. The van der Waals surface area contributed by atoms with Gasteiger partial charge in [0.05, 0.1) is 22.2 Å². The highest BCUT2D eigenvalue weighted by atomic mass is 35.5. The van der Waals surface area contributed by atoms with Crippen LogP contribution in [0.1, 0.15) is 39.5 Å². The molecule has 1 aliphatic carbocycles. The lowest BCUT2D eigenvalue weighted by Gasteiger charge is -2.45. The SMILES string of the molecule is CC(C)(C(=O)O)[C@]1(O)CCC[C@H](Nc2nc(-c3c[nH]c4ncc(Cl)cc34)ncc2F)C1. The Balaban J connectivity index is 1.62. The fraction of sp³-hybridized carbons (Fsp3) is 0.429. The van der Waals surface area contributed by atoms with E-state index in [-0.39, 0.29) is 24.1 Å². The third-order valence-electron chi connectivity index (χ3n) is 6.25. The number of halogens is 2. The summed E-state index contributed by atoms with van der Waals surface area (Å²) in [5, 5.41) is 24.8. The van der Waals surface area contributed by atoms with Crippen molar-refractivity contribution in [3.8, 4) is 11.4 Å². The number of nitrogens with one attached hydrogen (secondary N) is 2. The van der Waals surface area contributed by atoms with E-state index >= 15 is 0 Å². The Hall–Kier alpha value is -2.78. The maximum atomic E-state index is 14.5. The molecule has 1 saturated carbocycles. The summed E-state index contributed by atoms with van der Waals surface area (Å²) in [7, 11) is 0. The maximum Gasteiger partial charge on any atom is 0.312 e. The van der Waals surface area contributed by atoms with Gasteiger partial charge in [-0.2, -0.15) is 0 Å². The van der Waals surface area contributed by atoms with Gasteiger partial charge in [0.25, 0.3) is 0 Å². The highest BCUT2D eigenvalue weighted by Gasteiger charge is 2.51. The maximum absolute atomic E-state index is 14.5. The van der Waals surface area contributed by atoms with Crippen LogP contribution in [0.3, 0.4) is 0 Å². The number of aliphatic carboxylic acids is 1. The van der Waals surface area contributed by atoms with Crippen molar-refractivity contribution < 1.29 is 19.4 Å². The molecule has 10 heteroatoms. The molecular weight excluding hydrogens is 425 g/mol. The van der Waals surface area contributed by atoms with Crippen LogP contribution < -0.4 is 5.32 Å². The molecule has 0 saturated heterocycles. The molecule has 4 N–H and O–H groups in total. The van der Waals surface area contributed by atoms with E-state index in [4.69, 9.17) is 11.6 Å². The van der Waals surface area contributed by atoms with Gasteiger partial charge in [0.15, 0.2) is 17.5 Å². The lowest BCUT2D eigenvalue weighted by molar-refractivity contribution is -0.169. The molecule has 0 spiro atoms. The first kappa shape index (κ1) is 21.5. The summed E-state index contributed by atoms with van der Waals surface area (Å²) in [4.78, 5) is 27.3. The third-order valence-corrected chi connectivity index (χ3v) is 6.46. The second-order valence-electron chi connectivity index (χ2n) is 8.54. The topological polar surface area (TPSA) is 124 Å². The zero-order valence-corrected chi connectivity index (χ0v) is 17.9. The molecule has 0 unspecified atom stereocenters. The van der Waals surface area contributed by atoms with Gasteiger partial charge < -0.3 is 20.5 Å². The van der Waals surface area contributed by atoms with E-state index in [1.165, 1.54) is 20.0 Å². The molecule has 4 rings (SSSR count). The van der Waals surface area contributed by atoms with Crippen LogP contribution in [0, 0.1) is 11.2 Å². The average molecular weight is 448 g/mol.